The van der Waals surface area contributed by atoms with Crippen LogP contribution in [-0.2, 0) is 10.0 Å². The molecular formula is C11H17NO3S. The zero-order chi connectivity index (χ0) is 12.3. The molecule has 0 saturated carbocycles. The number of aryl methyl sites for hydroxylation is 1. The van der Waals surface area contributed by atoms with Gasteiger partial charge in [-0.05, 0) is 44.5 Å². The van der Waals surface area contributed by atoms with Gasteiger partial charge in [0, 0.05) is 0 Å². The molecule has 1 N–H and O–H groups in total. The first-order valence-electron chi connectivity index (χ1n) is 5.03. The molecule has 0 fully saturated rings. The van der Waals surface area contributed by atoms with E-state index in [1.807, 2.05) is 6.92 Å². The van der Waals surface area contributed by atoms with Crippen LogP contribution in [0.1, 0.15) is 19.4 Å². The summed E-state index contributed by atoms with van der Waals surface area (Å²) in [6, 6.07) is 5.22. The summed E-state index contributed by atoms with van der Waals surface area (Å²) in [5, 5.41) is -0.450. The molecule has 0 heterocycles. The molecule has 0 amide bonds. The van der Waals surface area contributed by atoms with Crippen molar-refractivity contribution in [3.63, 3.8) is 0 Å². The standard InChI is InChI=1S/C11H17NO3S/c1-8(2)16(13,14)12-11-6-5-10(15-4)7-9(11)3/h5-8,12H,1-4H3. The van der Waals surface area contributed by atoms with Crippen LogP contribution < -0.4 is 9.46 Å². The molecule has 1 rings (SSSR count). The fraction of sp³-hybridized carbons (Fsp3) is 0.455. The minimum atomic E-state index is -3.28. The lowest BCUT2D eigenvalue weighted by Gasteiger charge is -2.13. The Labute approximate surface area is 96.7 Å². The number of hydrogen-bond acceptors (Lipinski definition) is 3. The molecule has 0 atom stereocenters. The maximum absolute atomic E-state index is 11.7. The number of benzene rings is 1. The molecule has 0 aliphatic carbocycles. The summed E-state index contributed by atoms with van der Waals surface area (Å²) in [4.78, 5) is 0. The lowest BCUT2D eigenvalue weighted by molar-refractivity contribution is 0.414. The molecule has 0 saturated heterocycles. The number of nitrogens with one attached hydrogen (secondary N) is 1. The predicted molar refractivity (Wildman–Crippen MR) is 65.4 cm³/mol. The van der Waals surface area contributed by atoms with Gasteiger partial charge in [-0.1, -0.05) is 0 Å². The van der Waals surface area contributed by atoms with Crippen molar-refractivity contribution < 1.29 is 13.2 Å². The molecule has 90 valence electrons. The van der Waals surface area contributed by atoms with Gasteiger partial charge in [-0.25, -0.2) is 8.42 Å². The molecular weight excluding hydrogens is 226 g/mol. The topological polar surface area (TPSA) is 55.4 Å². The molecule has 5 heteroatoms. The fourth-order valence-electron chi connectivity index (χ4n) is 1.15. The Hall–Kier alpha value is -1.23. The van der Waals surface area contributed by atoms with Gasteiger partial charge >= 0.3 is 0 Å². The summed E-state index contributed by atoms with van der Waals surface area (Å²) in [5.74, 6) is 0.713. The molecule has 4 nitrogen and oxygen atoms in total. The molecule has 0 unspecified atom stereocenters. The van der Waals surface area contributed by atoms with Gasteiger partial charge in [0.1, 0.15) is 5.75 Å². The van der Waals surface area contributed by atoms with E-state index >= 15 is 0 Å². The van der Waals surface area contributed by atoms with Gasteiger partial charge in [0.15, 0.2) is 0 Å². The minimum Gasteiger partial charge on any atom is -0.497 e. The maximum atomic E-state index is 11.7. The monoisotopic (exact) mass is 243 g/mol. The van der Waals surface area contributed by atoms with Crippen molar-refractivity contribution in [2.75, 3.05) is 11.8 Å². The number of methoxy groups -OCH3 is 1. The third-order valence-corrected chi connectivity index (χ3v) is 4.05. The van der Waals surface area contributed by atoms with Crippen molar-refractivity contribution in [3.8, 4) is 5.75 Å². The van der Waals surface area contributed by atoms with E-state index in [4.69, 9.17) is 4.74 Å². The second-order valence-corrected chi connectivity index (χ2v) is 6.11. The van der Waals surface area contributed by atoms with Crippen molar-refractivity contribution in [2.45, 2.75) is 26.0 Å². The highest BCUT2D eigenvalue weighted by molar-refractivity contribution is 7.93. The zero-order valence-corrected chi connectivity index (χ0v) is 10.8. The number of sulfonamides is 1. The van der Waals surface area contributed by atoms with Crippen molar-refractivity contribution in [3.05, 3.63) is 23.8 Å². The lowest BCUT2D eigenvalue weighted by Crippen LogP contribution is -2.22. The van der Waals surface area contributed by atoms with Crippen molar-refractivity contribution in [2.24, 2.45) is 0 Å². The number of rotatable bonds is 4. The highest BCUT2D eigenvalue weighted by atomic mass is 32.2. The number of hydrogen-bond donors (Lipinski definition) is 1. The van der Waals surface area contributed by atoms with Crippen LogP contribution in [0, 0.1) is 6.92 Å². The van der Waals surface area contributed by atoms with E-state index in [0.717, 1.165) is 5.56 Å². The smallest absolute Gasteiger partial charge is 0.235 e. The van der Waals surface area contributed by atoms with Crippen LogP contribution in [0.4, 0.5) is 5.69 Å². The number of anilines is 1. The Bertz CT molecular complexity index is 466. The van der Waals surface area contributed by atoms with Crippen molar-refractivity contribution >= 4 is 15.7 Å². The first-order chi connectivity index (χ1) is 7.36. The average molecular weight is 243 g/mol. The van der Waals surface area contributed by atoms with E-state index in [1.54, 1.807) is 39.2 Å². The van der Waals surface area contributed by atoms with E-state index in [2.05, 4.69) is 4.72 Å². The number of ether oxygens (including phenoxy) is 1. The Morgan fingerprint density at radius 2 is 1.94 bits per heavy atom. The summed E-state index contributed by atoms with van der Waals surface area (Å²) < 4.78 is 30.9. The first-order valence-corrected chi connectivity index (χ1v) is 6.57. The van der Waals surface area contributed by atoms with Crippen molar-refractivity contribution in [1.29, 1.82) is 0 Å². The second-order valence-electron chi connectivity index (χ2n) is 3.88. The molecule has 0 aliphatic rings. The van der Waals surface area contributed by atoms with Crippen molar-refractivity contribution in [1.82, 2.24) is 0 Å². The van der Waals surface area contributed by atoms with Crippen LogP contribution >= 0.6 is 0 Å². The largest absolute Gasteiger partial charge is 0.497 e. The lowest BCUT2D eigenvalue weighted by atomic mass is 10.2. The summed E-state index contributed by atoms with van der Waals surface area (Å²) in [6.07, 6.45) is 0. The summed E-state index contributed by atoms with van der Waals surface area (Å²) in [5.41, 5.74) is 1.43. The Morgan fingerprint density at radius 1 is 1.31 bits per heavy atom. The third kappa shape index (κ3) is 2.88. The normalized spacial score (nSPS) is 11.6. The Kier molecular flexibility index (Phi) is 3.80. The van der Waals surface area contributed by atoms with E-state index in [9.17, 15) is 8.42 Å². The van der Waals surface area contributed by atoms with Crippen LogP contribution in [0.5, 0.6) is 5.75 Å². The third-order valence-electron chi connectivity index (χ3n) is 2.31. The van der Waals surface area contributed by atoms with E-state index in [0.29, 0.717) is 11.4 Å². The second kappa shape index (κ2) is 4.74. The molecule has 0 radical (unpaired) electrons. The SMILES string of the molecule is COc1ccc(NS(=O)(=O)C(C)C)c(C)c1. The zero-order valence-electron chi connectivity index (χ0n) is 9.94. The van der Waals surface area contributed by atoms with Gasteiger partial charge in [0.2, 0.25) is 10.0 Å². The predicted octanol–water partition coefficient (Wildman–Crippen LogP) is 2.15. The summed E-state index contributed by atoms with van der Waals surface area (Å²) in [7, 11) is -1.71. The molecule has 1 aromatic carbocycles. The van der Waals surface area contributed by atoms with Gasteiger partial charge in [0.05, 0.1) is 18.0 Å². The maximum Gasteiger partial charge on any atom is 0.235 e. The van der Waals surface area contributed by atoms with Gasteiger partial charge in [0.25, 0.3) is 0 Å². The van der Waals surface area contributed by atoms with Gasteiger partial charge in [-0.15, -0.1) is 0 Å². The fourth-order valence-corrected chi connectivity index (χ4v) is 1.92. The van der Waals surface area contributed by atoms with Gasteiger partial charge < -0.3 is 4.74 Å². The quantitative estimate of drug-likeness (QED) is 0.881. The first kappa shape index (κ1) is 12.8. The summed E-state index contributed by atoms with van der Waals surface area (Å²) in [6.45, 7) is 5.11. The molecule has 0 bridgehead atoms. The molecule has 0 aliphatic heterocycles. The Balaban J connectivity index is 2.99. The minimum absolute atomic E-state index is 0.450. The van der Waals surface area contributed by atoms with Crippen LogP contribution in [0.25, 0.3) is 0 Å². The van der Waals surface area contributed by atoms with E-state index < -0.39 is 15.3 Å². The molecule has 16 heavy (non-hydrogen) atoms. The van der Waals surface area contributed by atoms with Crippen LogP contribution in [0.15, 0.2) is 18.2 Å². The van der Waals surface area contributed by atoms with Crippen LogP contribution in [0.2, 0.25) is 0 Å². The Morgan fingerprint density at radius 3 is 2.38 bits per heavy atom. The van der Waals surface area contributed by atoms with Gasteiger partial charge in [-0.3, -0.25) is 4.72 Å². The summed E-state index contributed by atoms with van der Waals surface area (Å²) >= 11 is 0. The van der Waals surface area contributed by atoms with Gasteiger partial charge in [-0.2, -0.15) is 0 Å². The van der Waals surface area contributed by atoms with E-state index in [1.165, 1.54) is 0 Å². The highest BCUT2D eigenvalue weighted by Gasteiger charge is 2.16. The molecule has 0 aromatic heterocycles. The average Bonchev–Trinajstić information content (AvgIpc) is 2.20. The van der Waals surface area contributed by atoms with Crippen LogP contribution in [0.3, 0.4) is 0 Å². The molecule has 0 spiro atoms. The van der Waals surface area contributed by atoms with E-state index in [-0.39, 0.29) is 0 Å². The van der Waals surface area contributed by atoms with Crippen LogP contribution in [-0.4, -0.2) is 20.8 Å². The molecule has 1 aromatic rings. The highest BCUT2D eigenvalue weighted by Crippen LogP contribution is 2.22.